The molecule has 2 heterocycles. The lowest BCUT2D eigenvalue weighted by Crippen LogP contribution is -1.97. The van der Waals surface area contributed by atoms with Crippen LogP contribution in [0.3, 0.4) is 0 Å². The Kier molecular flexibility index (Phi) is 1.56. The maximum absolute atomic E-state index is 12.4. The maximum atomic E-state index is 12.4. The van der Waals surface area contributed by atoms with E-state index in [2.05, 4.69) is 10.1 Å². The van der Waals surface area contributed by atoms with Crippen LogP contribution >= 0.6 is 0 Å². The second kappa shape index (κ2) is 2.49. The van der Waals surface area contributed by atoms with Crippen molar-refractivity contribution in [2.24, 2.45) is 0 Å². The van der Waals surface area contributed by atoms with E-state index in [9.17, 15) is 12.3 Å². The number of halogens is 1. The van der Waals surface area contributed by atoms with Crippen LogP contribution in [0.2, 0.25) is 0 Å². The SMILES string of the molecule is O=S(=O)(F)c1cnc2ccnn2c1. The lowest BCUT2D eigenvalue weighted by molar-refractivity contribution is 0.550. The summed E-state index contributed by atoms with van der Waals surface area (Å²) in [5, 5.41) is 3.72. The molecular formula is C6H4FN3O2S. The number of nitrogens with zero attached hydrogens (tertiary/aromatic N) is 3. The monoisotopic (exact) mass is 201 g/mol. The molecule has 0 radical (unpaired) electrons. The Balaban J connectivity index is 2.75. The van der Waals surface area contributed by atoms with Gasteiger partial charge in [-0.3, -0.25) is 0 Å². The molecule has 2 aromatic rings. The fourth-order valence-corrected chi connectivity index (χ4v) is 1.32. The lowest BCUT2D eigenvalue weighted by Gasteiger charge is -1.94. The first-order chi connectivity index (χ1) is 6.07. The fourth-order valence-electron chi connectivity index (χ4n) is 0.919. The van der Waals surface area contributed by atoms with Gasteiger partial charge in [0.15, 0.2) is 5.65 Å². The summed E-state index contributed by atoms with van der Waals surface area (Å²) in [4.78, 5) is 3.19. The van der Waals surface area contributed by atoms with Crippen molar-refractivity contribution in [3.63, 3.8) is 0 Å². The molecule has 0 fully saturated rings. The van der Waals surface area contributed by atoms with E-state index in [0.29, 0.717) is 5.65 Å². The highest BCUT2D eigenvalue weighted by Crippen LogP contribution is 2.10. The van der Waals surface area contributed by atoms with Crippen LogP contribution in [0.25, 0.3) is 5.65 Å². The Hall–Kier alpha value is -1.50. The van der Waals surface area contributed by atoms with Crippen molar-refractivity contribution in [3.05, 3.63) is 24.7 Å². The number of aromatic nitrogens is 3. The molecule has 0 atom stereocenters. The third kappa shape index (κ3) is 1.37. The zero-order chi connectivity index (χ0) is 9.47. The minimum absolute atomic E-state index is 0.465. The first-order valence-electron chi connectivity index (χ1n) is 3.31. The number of rotatable bonds is 1. The lowest BCUT2D eigenvalue weighted by atomic mass is 10.6. The standard InChI is InChI=1S/C6H4FN3O2S/c7-13(11,12)5-3-8-6-1-2-9-10(6)4-5/h1-4H. The smallest absolute Gasteiger partial charge is 0.236 e. The second-order valence-electron chi connectivity index (χ2n) is 2.36. The van der Waals surface area contributed by atoms with Crippen LogP contribution in [-0.2, 0) is 10.2 Å². The van der Waals surface area contributed by atoms with Gasteiger partial charge < -0.3 is 0 Å². The van der Waals surface area contributed by atoms with Crippen LogP contribution in [0.5, 0.6) is 0 Å². The van der Waals surface area contributed by atoms with Gasteiger partial charge in [0.25, 0.3) is 0 Å². The van der Waals surface area contributed by atoms with E-state index in [1.165, 1.54) is 10.7 Å². The molecule has 68 valence electrons. The maximum Gasteiger partial charge on any atom is 0.335 e. The van der Waals surface area contributed by atoms with E-state index >= 15 is 0 Å². The fraction of sp³-hybridized carbons (Fsp3) is 0. The summed E-state index contributed by atoms with van der Waals surface area (Å²) < 4.78 is 34.5. The van der Waals surface area contributed by atoms with Crippen molar-refractivity contribution < 1.29 is 12.3 Å². The van der Waals surface area contributed by atoms with Gasteiger partial charge in [0.1, 0.15) is 4.90 Å². The first kappa shape index (κ1) is 8.11. The van der Waals surface area contributed by atoms with E-state index in [0.717, 1.165) is 12.4 Å². The van der Waals surface area contributed by atoms with Gasteiger partial charge in [-0.2, -0.15) is 13.5 Å². The quantitative estimate of drug-likeness (QED) is 0.626. The van der Waals surface area contributed by atoms with Crippen LogP contribution in [0.1, 0.15) is 0 Å². The molecule has 0 amide bonds. The van der Waals surface area contributed by atoms with Crippen molar-refractivity contribution in [2.75, 3.05) is 0 Å². The largest absolute Gasteiger partial charge is 0.335 e. The molecule has 0 unspecified atom stereocenters. The van der Waals surface area contributed by atoms with Crippen LogP contribution in [-0.4, -0.2) is 23.0 Å². The summed E-state index contributed by atoms with van der Waals surface area (Å²) in [5.74, 6) is 0. The first-order valence-corrected chi connectivity index (χ1v) is 4.70. The number of hydrogen-bond donors (Lipinski definition) is 0. The van der Waals surface area contributed by atoms with Gasteiger partial charge in [0, 0.05) is 6.07 Å². The van der Waals surface area contributed by atoms with Gasteiger partial charge in [-0.25, -0.2) is 9.50 Å². The molecule has 0 aliphatic carbocycles. The molecular weight excluding hydrogens is 197 g/mol. The van der Waals surface area contributed by atoms with E-state index in [1.54, 1.807) is 6.07 Å². The predicted molar refractivity (Wildman–Crippen MR) is 41.3 cm³/mol. The third-order valence-corrected chi connectivity index (χ3v) is 2.28. The summed E-state index contributed by atoms with van der Waals surface area (Å²) in [6.45, 7) is 0. The Morgan fingerprint density at radius 2 is 2.23 bits per heavy atom. The molecule has 0 N–H and O–H groups in total. The summed E-state index contributed by atoms with van der Waals surface area (Å²) in [6, 6.07) is 1.58. The third-order valence-electron chi connectivity index (χ3n) is 1.50. The van der Waals surface area contributed by atoms with Gasteiger partial charge in [-0.05, 0) is 0 Å². The van der Waals surface area contributed by atoms with Gasteiger partial charge in [-0.15, -0.1) is 3.89 Å². The zero-order valence-corrected chi connectivity index (χ0v) is 7.07. The Morgan fingerprint density at radius 3 is 2.92 bits per heavy atom. The van der Waals surface area contributed by atoms with Crippen LogP contribution < -0.4 is 0 Å². The average molecular weight is 201 g/mol. The highest BCUT2D eigenvalue weighted by Gasteiger charge is 2.13. The van der Waals surface area contributed by atoms with Gasteiger partial charge >= 0.3 is 10.2 Å². The molecule has 0 bridgehead atoms. The zero-order valence-electron chi connectivity index (χ0n) is 6.25. The molecule has 0 aromatic carbocycles. The van der Waals surface area contributed by atoms with Gasteiger partial charge in [0.05, 0.1) is 18.6 Å². The summed E-state index contributed by atoms with van der Waals surface area (Å²) >= 11 is 0. The number of fused-ring (bicyclic) bond motifs is 1. The van der Waals surface area contributed by atoms with Gasteiger partial charge in [-0.1, -0.05) is 0 Å². The predicted octanol–water partition coefficient (Wildman–Crippen LogP) is 0.387. The Labute approximate surface area is 73.0 Å². The van der Waals surface area contributed by atoms with E-state index in [-0.39, 0.29) is 0 Å². The topological polar surface area (TPSA) is 64.3 Å². The molecule has 0 saturated heterocycles. The minimum Gasteiger partial charge on any atom is -0.236 e. The number of hydrogen-bond acceptors (Lipinski definition) is 4. The molecule has 2 aromatic heterocycles. The second-order valence-corrected chi connectivity index (χ2v) is 3.71. The summed E-state index contributed by atoms with van der Waals surface area (Å²) in [5.41, 5.74) is 0.465. The van der Waals surface area contributed by atoms with E-state index in [4.69, 9.17) is 0 Å². The van der Waals surface area contributed by atoms with Crippen molar-refractivity contribution in [1.82, 2.24) is 14.6 Å². The minimum atomic E-state index is -4.70. The molecule has 7 heteroatoms. The molecule has 0 spiro atoms. The van der Waals surface area contributed by atoms with Crippen LogP contribution in [0.4, 0.5) is 3.89 Å². The average Bonchev–Trinajstić information content (AvgIpc) is 2.47. The molecule has 5 nitrogen and oxygen atoms in total. The van der Waals surface area contributed by atoms with Crippen LogP contribution in [0, 0.1) is 0 Å². The molecule has 2 rings (SSSR count). The molecule has 0 saturated carbocycles. The normalized spacial score (nSPS) is 12.1. The van der Waals surface area contributed by atoms with Crippen molar-refractivity contribution in [1.29, 1.82) is 0 Å². The summed E-state index contributed by atoms with van der Waals surface area (Å²) in [6.07, 6.45) is 3.46. The highest BCUT2D eigenvalue weighted by atomic mass is 32.3. The van der Waals surface area contributed by atoms with Crippen molar-refractivity contribution in [3.8, 4) is 0 Å². The summed E-state index contributed by atoms with van der Waals surface area (Å²) in [7, 11) is -4.70. The van der Waals surface area contributed by atoms with E-state index in [1.807, 2.05) is 0 Å². The van der Waals surface area contributed by atoms with Gasteiger partial charge in [0.2, 0.25) is 0 Å². The Morgan fingerprint density at radius 1 is 1.46 bits per heavy atom. The van der Waals surface area contributed by atoms with Crippen LogP contribution in [0.15, 0.2) is 29.6 Å². The molecule has 0 aliphatic heterocycles. The van der Waals surface area contributed by atoms with E-state index < -0.39 is 15.1 Å². The van der Waals surface area contributed by atoms with Crippen molar-refractivity contribution in [2.45, 2.75) is 4.90 Å². The molecule has 0 aliphatic rings. The highest BCUT2D eigenvalue weighted by molar-refractivity contribution is 7.86. The van der Waals surface area contributed by atoms with Crippen molar-refractivity contribution >= 4 is 15.9 Å². The Bertz CT molecular complexity index is 548. The molecule has 13 heavy (non-hydrogen) atoms.